The molecule has 21 heteroatoms. The van der Waals surface area contributed by atoms with Crippen LogP contribution in [0.1, 0.15) is 200 Å². The van der Waals surface area contributed by atoms with Crippen molar-refractivity contribution in [3.8, 4) is 0 Å². The molecule has 9 atom stereocenters. The number of carbonyl (C=O) groups excluding carboxylic acids is 2. The first-order chi connectivity index (χ1) is 35.5. The van der Waals surface area contributed by atoms with E-state index in [-0.39, 0.29) is 30.9 Å². The van der Waals surface area contributed by atoms with Crippen molar-refractivity contribution in [2.75, 3.05) is 25.6 Å². The molecule has 4 unspecified atom stereocenters. The highest BCUT2D eigenvalue weighted by Gasteiger charge is 2.46. The summed E-state index contributed by atoms with van der Waals surface area (Å²) in [4.78, 5) is 62.1. The highest BCUT2D eigenvalue weighted by molar-refractivity contribution is 7.61. The summed E-state index contributed by atoms with van der Waals surface area (Å²) in [5.74, 6) is -0.567. The van der Waals surface area contributed by atoms with Crippen LogP contribution in [0.2, 0.25) is 0 Å². The molecule has 74 heavy (non-hydrogen) atoms. The number of phosphoric acid groups is 2. The lowest BCUT2D eigenvalue weighted by molar-refractivity contribution is -0.161. The number of aromatic nitrogens is 2. The number of epoxide rings is 1. The van der Waals surface area contributed by atoms with Gasteiger partial charge < -0.3 is 44.7 Å². The smallest absolute Gasteiger partial charge is 0.462 e. The average molecular weight is 1090 g/mol. The lowest BCUT2D eigenvalue weighted by Gasteiger charge is -2.21. The third-order valence-electron chi connectivity index (χ3n) is 12.8. The lowest BCUT2D eigenvalue weighted by atomic mass is 10.0. The van der Waals surface area contributed by atoms with E-state index in [1.165, 1.54) is 96.0 Å². The standard InChI is InChI=1S/C53H91N3O16P2/c1-4-5-6-7-8-16-20-23-28-33-44-45(70-44)34-29-25-26-30-35-48(57)66-39-43(69-49(58)36-31-24-21-18-15-13-11-9-10-12-14-17-19-22-27-32-42(2)3)40-67-73(62,63)72-74(64,65)68-41-46-50(59)51(60)52(71-46)56-38-37-47(54)55-53(56)61/h8,16,23,25,28-29,37-38,42-46,50-52,59-60H,4-7,9-15,17-22,24,26-27,30-36,39-41H2,1-3H3,(H,62,63)(H,64,65)(H2,54,55,61)/b16-8-,28-23-,29-25-/t43-,44?,45?,46-,50-,51-,52-/m1/s1. The topological polar surface area (TPSA) is 278 Å². The summed E-state index contributed by atoms with van der Waals surface area (Å²) >= 11 is 0. The summed E-state index contributed by atoms with van der Waals surface area (Å²) in [5.41, 5.74) is 4.59. The van der Waals surface area contributed by atoms with Gasteiger partial charge in [0.15, 0.2) is 12.3 Å². The first-order valence-corrected chi connectivity index (χ1v) is 30.5. The summed E-state index contributed by atoms with van der Waals surface area (Å²) in [6.07, 6.45) is 33.9. The van der Waals surface area contributed by atoms with Gasteiger partial charge in [0, 0.05) is 19.0 Å². The van der Waals surface area contributed by atoms with Crippen molar-refractivity contribution in [3.63, 3.8) is 0 Å². The fraction of sp³-hybridized carbons (Fsp3) is 0.774. The third kappa shape index (κ3) is 30.0. The number of nitrogens with two attached hydrogens (primary N) is 1. The minimum Gasteiger partial charge on any atom is -0.462 e. The van der Waals surface area contributed by atoms with Crippen LogP contribution in [-0.2, 0) is 51.0 Å². The summed E-state index contributed by atoms with van der Waals surface area (Å²) < 4.78 is 62.7. The molecular weight excluding hydrogens is 997 g/mol. The van der Waals surface area contributed by atoms with Gasteiger partial charge in [0.25, 0.3) is 0 Å². The van der Waals surface area contributed by atoms with E-state index in [9.17, 15) is 43.5 Å². The molecular formula is C53H91N3O16P2. The molecule has 3 heterocycles. The van der Waals surface area contributed by atoms with Gasteiger partial charge in [0.2, 0.25) is 0 Å². The number of rotatable bonds is 44. The third-order valence-corrected chi connectivity index (χ3v) is 15.4. The number of phosphoric ester groups is 2. The Bertz CT molecular complexity index is 1970. The average Bonchev–Trinajstić information content (AvgIpc) is 4.04. The number of hydrogen-bond donors (Lipinski definition) is 5. The van der Waals surface area contributed by atoms with Crippen molar-refractivity contribution in [2.24, 2.45) is 5.92 Å². The van der Waals surface area contributed by atoms with Crippen molar-refractivity contribution in [1.82, 2.24) is 9.55 Å². The molecule has 0 amide bonds. The van der Waals surface area contributed by atoms with Gasteiger partial charge >= 0.3 is 33.3 Å². The monoisotopic (exact) mass is 1090 g/mol. The van der Waals surface area contributed by atoms with Crippen LogP contribution >= 0.6 is 15.6 Å². The number of nitrogen functional groups attached to an aromatic ring is 1. The van der Waals surface area contributed by atoms with E-state index < -0.39 is 83.7 Å². The Labute approximate surface area is 440 Å². The van der Waals surface area contributed by atoms with E-state index in [0.717, 1.165) is 68.0 Å². The van der Waals surface area contributed by atoms with Crippen LogP contribution in [-0.4, -0.2) is 97.9 Å². The summed E-state index contributed by atoms with van der Waals surface area (Å²) in [6, 6.07) is 1.25. The zero-order valence-electron chi connectivity index (χ0n) is 44.5. The van der Waals surface area contributed by atoms with Gasteiger partial charge in [-0.25, -0.2) is 13.9 Å². The highest BCUT2D eigenvalue weighted by Crippen LogP contribution is 2.60. The normalized spacial score (nSPS) is 21.9. The molecule has 0 aromatic carbocycles. The molecule has 2 saturated heterocycles. The quantitative estimate of drug-likeness (QED) is 0.0133. The van der Waals surface area contributed by atoms with Gasteiger partial charge in [0.1, 0.15) is 30.7 Å². The maximum Gasteiger partial charge on any atom is 0.481 e. The molecule has 1 aromatic heterocycles. The second-order valence-electron chi connectivity index (χ2n) is 20.0. The van der Waals surface area contributed by atoms with Crippen molar-refractivity contribution in [3.05, 3.63) is 59.2 Å². The lowest BCUT2D eigenvalue weighted by Crippen LogP contribution is -2.36. The molecule has 1 aromatic rings. The van der Waals surface area contributed by atoms with Gasteiger partial charge in [-0.2, -0.15) is 9.29 Å². The van der Waals surface area contributed by atoms with Gasteiger partial charge in [-0.3, -0.25) is 23.2 Å². The molecule has 0 aliphatic carbocycles. The Kier molecular flexibility index (Phi) is 33.2. The highest BCUT2D eigenvalue weighted by atomic mass is 31.3. The number of aliphatic hydroxyl groups excluding tert-OH is 2. The Morgan fingerprint density at radius 2 is 1.26 bits per heavy atom. The first kappa shape index (κ1) is 65.2. The molecule has 0 bridgehead atoms. The van der Waals surface area contributed by atoms with E-state index >= 15 is 0 Å². The molecule has 0 radical (unpaired) electrons. The van der Waals surface area contributed by atoms with E-state index in [0.29, 0.717) is 19.3 Å². The van der Waals surface area contributed by atoms with Crippen molar-refractivity contribution in [2.45, 2.75) is 237 Å². The second-order valence-corrected chi connectivity index (χ2v) is 23.0. The van der Waals surface area contributed by atoms with Crippen LogP contribution in [0.3, 0.4) is 0 Å². The zero-order chi connectivity index (χ0) is 54.0. The SMILES string of the molecule is CCCCC/C=C\C/C=C\CC1OC1C/C=C\CCCC(=O)OC[C@H](COP(=O)(O)OP(=O)(O)OC[C@H]1O[C@@H](n2ccc(N)nc2=O)[C@H](O)[C@@H]1O)OC(=O)CCCCCCCCCCCCCCCCCC(C)C. The maximum absolute atomic E-state index is 12.9. The van der Waals surface area contributed by atoms with E-state index in [1.54, 1.807) is 0 Å². The molecule has 2 aliphatic heterocycles. The molecule has 6 N–H and O–H groups in total. The van der Waals surface area contributed by atoms with Crippen LogP contribution in [0.4, 0.5) is 5.82 Å². The Morgan fingerprint density at radius 3 is 1.88 bits per heavy atom. The number of carbonyl (C=O) groups is 2. The number of anilines is 1. The van der Waals surface area contributed by atoms with Gasteiger partial charge in [-0.05, 0) is 63.4 Å². The Morgan fingerprint density at radius 1 is 0.703 bits per heavy atom. The van der Waals surface area contributed by atoms with Gasteiger partial charge in [-0.15, -0.1) is 0 Å². The molecule has 2 aliphatic rings. The largest absolute Gasteiger partial charge is 0.481 e. The summed E-state index contributed by atoms with van der Waals surface area (Å²) in [5, 5.41) is 20.9. The fourth-order valence-corrected chi connectivity index (χ4v) is 10.5. The predicted molar refractivity (Wildman–Crippen MR) is 284 cm³/mol. The number of hydrogen-bond acceptors (Lipinski definition) is 16. The second kappa shape index (κ2) is 37.7. The molecule has 0 spiro atoms. The molecule has 424 valence electrons. The summed E-state index contributed by atoms with van der Waals surface area (Å²) in [7, 11) is -10.9. The molecule has 0 saturated carbocycles. The van der Waals surface area contributed by atoms with Crippen LogP contribution in [0.15, 0.2) is 53.5 Å². The van der Waals surface area contributed by atoms with E-state index in [2.05, 4.69) is 54.4 Å². The zero-order valence-corrected chi connectivity index (χ0v) is 46.3. The number of unbranched alkanes of at least 4 members (excludes halogenated alkanes) is 18. The van der Waals surface area contributed by atoms with Gasteiger partial charge in [0.05, 0.1) is 25.4 Å². The van der Waals surface area contributed by atoms with Crippen LogP contribution in [0.5, 0.6) is 0 Å². The summed E-state index contributed by atoms with van der Waals surface area (Å²) in [6.45, 7) is 4.41. The molecule has 2 fully saturated rings. The fourth-order valence-electron chi connectivity index (χ4n) is 8.42. The van der Waals surface area contributed by atoms with Crippen LogP contribution < -0.4 is 11.4 Å². The molecule has 3 rings (SSSR count). The maximum atomic E-state index is 12.9. The number of esters is 2. The predicted octanol–water partition coefficient (Wildman–Crippen LogP) is 10.8. The van der Waals surface area contributed by atoms with Crippen molar-refractivity contribution < 1.29 is 71.0 Å². The van der Waals surface area contributed by atoms with Crippen molar-refractivity contribution >= 4 is 33.4 Å². The minimum atomic E-state index is -5.44. The van der Waals surface area contributed by atoms with E-state index in [4.69, 9.17) is 33.7 Å². The number of ether oxygens (including phenoxy) is 4. The van der Waals surface area contributed by atoms with Crippen LogP contribution in [0, 0.1) is 5.92 Å². The Hall–Kier alpha value is -3.06. The molecule has 19 nitrogen and oxygen atoms in total. The van der Waals surface area contributed by atoms with Gasteiger partial charge in [-0.1, -0.05) is 166 Å². The van der Waals surface area contributed by atoms with E-state index in [1.807, 2.05) is 12.2 Å². The number of aliphatic hydroxyl groups is 2. The Balaban J connectivity index is 1.39. The minimum absolute atomic E-state index is 0.0375. The number of nitrogens with zero attached hydrogens (tertiary/aromatic N) is 2. The van der Waals surface area contributed by atoms with Crippen LogP contribution in [0.25, 0.3) is 0 Å². The first-order valence-electron chi connectivity index (χ1n) is 27.5. The number of allylic oxidation sites excluding steroid dienone is 4. The van der Waals surface area contributed by atoms with Crippen molar-refractivity contribution in [1.29, 1.82) is 0 Å².